The Morgan fingerprint density at radius 1 is 1.44 bits per heavy atom. The molecule has 0 unspecified atom stereocenters. The van der Waals surface area contributed by atoms with Gasteiger partial charge in [0.25, 0.3) is 0 Å². The first-order valence-electron chi connectivity index (χ1n) is 5.38. The van der Waals surface area contributed by atoms with Gasteiger partial charge in [0.05, 0.1) is 0 Å². The molecule has 0 saturated heterocycles. The normalized spacial score (nSPS) is 13.6. The molecule has 2 atom stereocenters. The van der Waals surface area contributed by atoms with Gasteiger partial charge in [-0.25, -0.2) is 0 Å². The van der Waals surface area contributed by atoms with E-state index in [2.05, 4.69) is 25.3 Å². The van der Waals surface area contributed by atoms with Crippen LogP contribution in [0.15, 0.2) is 24.3 Å². The number of rotatable bonds is 6. The number of aliphatic hydroxyl groups is 1. The number of hydrogen-bond acceptors (Lipinski definition) is 5. The summed E-state index contributed by atoms with van der Waals surface area (Å²) in [6.07, 6.45) is -0.647. The van der Waals surface area contributed by atoms with Gasteiger partial charge >= 0.3 is 134 Å². The fraction of sp³-hybridized carbons (Fsp3) is 0.364. The molecule has 18 heavy (non-hydrogen) atoms. The molecule has 0 spiro atoms. The fourth-order valence-electron chi connectivity index (χ4n) is 1.29. The second-order valence-corrected chi connectivity index (χ2v) is 11.3. The van der Waals surface area contributed by atoms with Crippen molar-refractivity contribution in [3.05, 3.63) is 29.8 Å². The monoisotopic (exact) mass is 494 g/mol. The molecule has 0 amide bonds. The SMILES string of the molecule is O=C(O[C@H](CO)[C@H](S)CS)c1cc[c]([Hg][Cl])cc1. The Labute approximate surface area is 133 Å². The average molecular weight is 493 g/mol. The van der Waals surface area contributed by atoms with Gasteiger partial charge < -0.3 is 0 Å². The minimum absolute atomic E-state index is 0.267. The van der Waals surface area contributed by atoms with Gasteiger partial charge in [0.1, 0.15) is 0 Å². The molecule has 1 aromatic rings. The molecule has 0 radical (unpaired) electrons. The van der Waals surface area contributed by atoms with Crippen LogP contribution in [-0.2, 0) is 28.1 Å². The van der Waals surface area contributed by atoms with Gasteiger partial charge in [-0.1, -0.05) is 0 Å². The van der Waals surface area contributed by atoms with Crippen molar-refractivity contribution in [3.63, 3.8) is 0 Å². The van der Waals surface area contributed by atoms with Gasteiger partial charge in [-0.2, -0.15) is 0 Å². The Kier molecular flexibility index (Phi) is 8.03. The predicted octanol–water partition coefficient (Wildman–Crippen LogP) is 1.29. The van der Waals surface area contributed by atoms with Crippen LogP contribution in [0, 0.1) is 0 Å². The van der Waals surface area contributed by atoms with E-state index in [0.29, 0.717) is 11.3 Å². The van der Waals surface area contributed by atoms with Crippen molar-refractivity contribution in [2.75, 3.05) is 12.4 Å². The van der Waals surface area contributed by atoms with E-state index in [-0.39, 0.29) is 11.9 Å². The molecule has 0 bridgehead atoms. The van der Waals surface area contributed by atoms with Gasteiger partial charge in [0, 0.05) is 0 Å². The summed E-state index contributed by atoms with van der Waals surface area (Å²) in [6.45, 7) is -0.267. The first-order chi connectivity index (χ1) is 8.62. The van der Waals surface area contributed by atoms with E-state index in [1.165, 1.54) is 0 Å². The van der Waals surface area contributed by atoms with Crippen molar-refractivity contribution in [1.82, 2.24) is 0 Å². The maximum absolute atomic E-state index is 11.8. The topological polar surface area (TPSA) is 46.5 Å². The zero-order valence-corrected chi connectivity index (χ0v) is 17.7. The van der Waals surface area contributed by atoms with E-state index in [9.17, 15) is 4.79 Å². The molecule has 0 saturated carbocycles. The van der Waals surface area contributed by atoms with Crippen molar-refractivity contribution in [2.24, 2.45) is 0 Å². The Balaban J connectivity index is 2.68. The van der Waals surface area contributed by atoms with Crippen LogP contribution in [0.25, 0.3) is 0 Å². The maximum atomic E-state index is 11.8. The Hall–Kier alpha value is 0.575. The summed E-state index contributed by atoms with van der Waals surface area (Å²) in [5.74, 6) is -0.0467. The van der Waals surface area contributed by atoms with Crippen LogP contribution < -0.4 is 3.07 Å². The quantitative estimate of drug-likeness (QED) is 0.318. The van der Waals surface area contributed by atoms with Crippen LogP contribution in [0.5, 0.6) is 0 Å². The number of benzene rings is 1. The van der Waals surface area contributed by atoms with Gasteiger partial charge in [-0.3, -0.25) is 0 Å². The molecule has 0 fully saturated rings. The third kappa shape index (κ3) is 4.92. The Bertz CT molecular complexity index is 388. The molecule has 0 aliphatic heterocycles. The number of halogens is 1. The minimum atomic E-state index is -1.41. The van der Waals surface area contributed by atoms with Gasteiger partial charge in [-0.15, -0.1) is 0 Å². The Morgan fingerprint density at radius 2 is 2.06 bits per heavy atom. The molecule has 1 rings (SSSR count). The third-order valence-electron chi connectivity index (χ3n) is 2.40. The number of hydrogen-bond donors (Lipinski definition) is 3. The van der Waals surface area contributed by atoms with E-state index in [1.807, 2.05) is 12.1 Å². The second kappa shape index (κ2) is 8.69. The molecule has 1 N–H and O–H groups in total. The zero-order valence-electron chi connectivity index (χ0n) is 9.62. The van der Waals surface area contributed by atoms with E-state index in [4.69, 9.17) is 18.1 Å². The van der Waals surface area contributed by atoms with Crippen molar-refractivity contribution in [2.45, 2.75) is 11.4 Å². The van der Waals surface area contributed by atoms with E-state index in [0.717, 1.165) is 3.07 Å². The first kappa shape index (κ1) is 16.6. The van der Waals surface area contributed by atoms with Gasteiger partial charge in [0.15, 0.2) is 0 Å². The van der Waals surface area contributed by atoms with Gasteiger partial charge in [0.2, 0.25) is 0 Å². The number of ether oxygens (including phenoxy) is 1. The Morgan fingerprint density at radius 3 is 2.50 bits per heavy atom. The van der Waals surface area contributed by atoms with Crippen molar-refractivity contribution in [1.29, 1.82) is 0 Å². The fourth-order valence-corrected chi connectivity index (χ4v) is 4.85. The number of aliphatic hydroxyl groups excluding tert-OH is 1. The summed E-state index contributed by atoms with van der Waals surface area (Å²) in [5.41, 5.74) is 0.454. The number of carbonyl (C=O) groups is 1. The summed E-state index contributed by atoms with van der Waals surface area (Å²) in [6, 6.07) is 7.11. The third-order valence-corrected chi connectivity index (χ3v) is 9.34. The van der Waals surface area contributed by atoms with Crippen molar-refractivity contribution < 1.29 is 38.0 Å². The van der Waals surface area contributed by atoms with Crippen LogP contribution in [0.3, 0.4) is 0 Å². The standard InChI is InChI=1S/C11H13O3S2.ClH.Hg/c12-6-9(10(16)7-15)14-11(13)8-4-2-1-3-5-8;;/h2-5,9-10,12,15-16H,6-7H2;1H;/q;;+1/p-1/t9-,10-;;/m1../s1. The summed E-state index contributed by atoms with van der Waals surface area (Å²) < 4.78 is 6.33. The molecular weight excluding hydrogens is 480 g/mol. The van der Waals surface area contributed by atoms with E-state index >= 15 is 0 Å². The van der Waals surface area contributed by atoms with Crippen LogP contribution in [0.4, 0.5) is 0 Å². The van der Waals surface area contributed by atoms with Crippen LogP contribution in [0.2, 0.25) is 0 Å². The van der Waals surface area contributed by atoms with Crippen molar-refractivity contribution >= 4 is 42.5 Å². The molecule has 0 aliphatic carbocycles. The zero-order chi connectivity index (χ0) is 13.5. The summed E-state index contributed by atoms with van der Waals surface area (Å²) >= 11 is 6.85. The van der Waals surface area contributed by atoms with Crippen LogP contribution in [0.1, 0.15) is 10.4 Å². The van der Waals surface area contributed by atoms with Crippen LogP contribution in [-0.4, -0.2) is 34.8 Å². The summed E-state index contributed by atoms with van der Waals surface area (Å²) in [5, 5.41) is 8.85. The summed E-state index contributed by atoms with van der Waals surface area (Å²) in [7, 11) is 5.88. The average Bonchev–Trinajstić information content (AvgIpc) is 2.43. The number of thiol groups is 2. The van der Waals surface area contributed by atoms with Gasteiger partial charge in [-0.05, 0) is 0 Å². The van der Waals surface area contributed by atoms with E-state index < -0.39 is 35.4 Å². The number of carbonyl (C=O) groups excluding carboxylic acids is 1. The predicted molar refractivity (Wildman–Crippen MR) is 74.8 cm³/mol. The molecule has 96 valence electrons. The molecule has 0 aliphatic rings. The van der Waals surface area contributed by atoms with Crippen LogP contribution >= 0.6 is 33.5 Å². The van der Waals surface area contributed by atoms with Crippen molar-refractivity contribution in [3.8, 4) is 0 Å². The molecule has 0 heterocycles. The molecule has 3 nitrogen and oxygen atoms in total. The molecule has 1 aromatic carbocycles. The second-order valence-electron chi connectivity index (χ2n) is 3.71. The molecular formula is C11H13ClHgO3S2. The summed E-state index contributed by atoms with van der Waals surface area (Å²) in [4.78, 5) is 11.8. The molecule has 0 aromatic heterocycles. The molecule has 7 heteroatoms. The first-order valence-corrected chi connectivity index (χ1v) is 16.0. The van der Waals surface area contributed by atoms with E-state index in [1.54, 1.807) is 12.1 Å². The number of esters is 1.